The van der Waals surface area contributed by atoms with Gasteiger partial charge in [0.25, 0.3) is 5.91 Å². The lowest BCUT2D eigenvalue weighted by molar-refractivity contribution is -0.134. The molecule has 1 aromatic heterocycles. The van der Waals surface area contributed by atoms with Crippen LogP contribution in [0.5, 0.6) is 0 Å². The van der Waals surface area contributed by atoms with Crippen molar-refractivity contribution >= 4 is 5.91 Å². The first-order valence-corrected chi connectivity index (χ1v) is 4.85. The number of ether oxygens (including phenoxy) is 1. The minimum absolute atomic E-state index is 0.120. The van der Waals surface area contributed by atoms with Gasteiger partial charge in [-0.05, 0) is 0 Å². The Morgan fingerprint density at radius 2 is 2.67 bits per heavy atom. The maximum atomic E-state index is 11.6. The maximum Gasteiger partial charge on any atom is 0.250 e. The standard InChI is InChI=1S/C9H13N3O3/c13-9(8-6-10-2-4-14-8)11-5-7-1-3-15-12-7/h1,3,8,10H,2,4-6H2,(H,11,13). The summed E-state index contributed by atoms with van der Waals surface area (Å²) in [6, 6.07) is 1.71. The molecule has 0 aromatic carbocycles. The van der Waals surface area contributed by atoms with E-state index >= 15 is 0 Å². The summed E-state index contributed by atoms with van der Waals surface area (Å²) < 4.78 is 9.94. The van der Waals surface area contributed by atoms with Crippen molar-refractivity contribution in [2.45, 2.75) is 12.6 Å². The number of carbonyl (C=O) groups is 1. The predicted molar refractivity (Wildman–Crippen MR) is 51.0 cm³/mol. The molecule has 1 amide bonds. The van der Waals surface area contributed by atoms with Crippen molar-refractivity contribution in [3.63, 3.8) is 0 Å². The van der Waals surface area contributed by atoms with Gasteiger partial charge in [0.15, 0.2) is 0 Å². The highest BCUT2D eigenvalue weighted by molar-refractivity contribution is 5.81. The Labute approximate surface area is 87.0 Å². The molecule has 1 saturated heterocycles. The van der Waals surface area contributed by atoms with Crippen LogP contribution in [0.4, 0.5) is 0 Å². The smallest absolute Gasteiger partial charge is 0.250 e. The summed E-state index contributed by atoms with van der Waals surface area (Å²) in [5, 5.41) is 9.50. The molecule has 6 heteroatoms. The van der Waals surface area contributed by atoms with Gasteiger partial charge in [-0.1, -0.05) is 5.16 Å². The predicted octanol–water partition coefficient (Wildman–Crippen LogP) is -0.721. The molecule has 1 unspecified atom stereocenters. The monoisotopic (exact) mass is 211 g/mol. The number of aromatic nitrogens is 1. The molecule has 6 nitrogen and oxygen atoms in total. The molecule has 1 aliphatic rings. The molecule has 15 heavy (non-hydrogen) atoms. The number of rotatable bonds is 3. The largest absolute Gasteiger partial charge is 0.366 e. The van der Waals surface area contributed by atoms with Crippen LogP contribution in [0.2, 0.25) is 0 Å². The molecule has 1 fully saturated rings. The Hall–Kier alpha value is -1.40. The third kappa shape index (κ3) is 2.77. The lowest BCUT2D eigenvalue weighted by Gasteiger charge is -2.22. The summed E-state index contributed by atoms with van der Waals surface area (Å²) in [4.78, 5) is 11.6. The van der Waals surface area contributed by atoms with Crippen molar-refractivity contribution < 1.29 is 14.1 Å². The second kappa shape index (κ2) is 4.90. The SMILES string of the molecule is O=C(NCc1ccon1)C1CNCCO1. The summed E-state index contributed by atoms with van der Waals surface area (Å²) >= 11 is 0. The first kappa shape index (κ1) is 10.1. The fraction of sp³-hybridized carbons (Fsp3) is 0.556. The molecule has 0 saturated carbocycles. The van der Waals surface area contributed by atoms with Crippen LogP contribution in [-0.4, -0.2) is 36.9 Å². The number of nitrogens with one attached hydrogen (secondary N) is 2. The van der Waals surface area contributed by atoms with Gasteiger partial charge in [0.05, 0.1) is 13.2 Å². The first-order valence-electron chi connectivity index (χ1n) is 4.85. The molecule has 0 spiro atoms. The van der Waals surface area contributed by atoms with Gasteiger partial charge >= 0.3 is 0 Å². The van der Waals surface area contributed by atoms with Crippen LogP contribution in [0.25, 0.3) is 0 Å². The van der Waals surface area contributed by atoms with Crippen LogP contribution in [0.15, 0.2) is 16.9 Å². The van der Waals surface area contributed by atoms with Gasteiger partial charge in [-0.3, -0.25) is 4.79 Å². The second-order valence-electron chi connectivity index (χ2n) is 3.27. The van der Waals surface area contributed by atoms with Gasteiger partial charge in [0, 0.05) is 19.2 Å². The van der Waals surface area contributed by atoms with Crippen molar-refractivity contribution in [2.24, 2.45) is 0 Å². The lowest BCUT2D eigenvalue weighted by atomic mass is 10.3. The van der Waals surface area contributed by atoms with E-state index in [1.165, 1.54) is 6.26 Å². The highest BCUT2D eigenvalue weighted by Crippen LogP contribution is 1.98. The van der Waals surface area contributed by atoms with Crippen molar-refractivity contribution in [2.75, 3.05) is 19.7 Å². The quantitative estimate of drug-likeness (QED) is 0.690. The van der Waals surface area contributed by atoms with E-state index in [-0.39, 0.29) is 5.91 Å². The minimum Gasteiger partial charge on any atom is -0.366 e. The fourth-order valence-corrected chi connectivity index (χ4v) is 1.35. The van der Waals surface area contributed by atoms with Gasteiger partial charge in [0.1, 0.15) is 18.1 Å². The minimum atomic E-state index is -0.398. The van der Waals surface area contributed by atoms with Crippen molar-refractivity contribution in [1.29, 1.82) is 0 Å². The molecule has 2 heterocycles. The van der Waals surface area contributed by atoms with Gasteiger partial charge in [0.2, 0.25) is 0 Å². The van der Waals surface area contributed by atoms with Crippen LogP contribution in [-0.2, 0) is 16.1 Å². The highest BCUT2D eigenvalue weighted by atomic mass is 16.5. The van der Waals surface area contributed by atoms with Crippen molar-refractivity contribution in [1.82, 2.24) is 15.8 Å². The highest BCUT2D eigenvalue weighted by Gasteiger charge is 2.21. The van der Waals surface area contributed by atoms with Crippen molar-refractivity contribution in [3.8, 4) is 0 Å². The number of nitrogens with zero attached hydrogens (tertiary/aromatic N) is 1. The summed E-state index contributed by atoms with van der Waals surface area (Å²) in [6.07, 6.45) is 1.07. The Balaban J connectivity index is 1.76. The molecule has 82 valence electrons. The van der Waals surface area contributed by atoms with Crippen LogP contribution >= 0.6 is 0 Å². The van der Waals surface area contributed by atoms with Gasteiger partial charge in [-0.25, -0.2) is 0 Å². The third-order valence-electron chi connectivity index (χ3n) is 2.16. The average Bonchev–Trinajstić information content (AvgIpc) is 2.80. The molecular formula is C9H13N3O3. The normalized spacial score (nSPS) is 21.2. The third-order valence-corrected chi connectivity index (χ3v) is 2.16. The van der Waals surface area contributed by atoms with Crippen LogP contribution in [0.3, 0.4) is 0 Å². The number of carbonyl (C=O) groups excluding carboxylic acids is 1. The molecule has 0 bridgehead atoms. The zero-order chi connectivity index (χ0) is 10.5. The fourth-order valence-electron chi connectivity index (χ4n) is 1.35. The molecule has 1 aromatic rings. The first-order chi connectivity index (χ1) is 7.36. The summed E-state index contributed by atoms with van der Waals surface area (Å²) in [6.45, 7) is 2.30. The number of morpholine rings is 1. The topological polar surface area (TPSA) is 76.4 Å². The summed E-state index contributed by atoms with van der Waals surface area (Å²) in [7, 11) is 0. The second-order valence-corrected chi connectivity index (χ2v) is 3.27. The van der Waals surface area contributed by atoms with Crippen molar-refractivity contribution in [3.05, 3.63) is 18.0 Å². The van der Waals surface area contributed by atoms with Crippen LogP contribution < -0.4 is 10.6 Å². The van der Waals surface area contributed by atoms with Gasteiger partial charge in [-0.2, -0.15) is 0 Å². The lowest BCUT2D eigenvalue weighted by Crippen LogP contribution is -2.47. The average molecular weight is 211 g/mol. The maximum absolute atomic E-state index is 11.6. The van der Waals surface area contributed by atoms with Gasteiger partial charge in [-0.15, -0.1) is 0 Å². The molecule has 0 aliphatic carbocycles. The van der Waals surface area contributed by atoms with Crippen LogP contribution in [0.1, 0.15) is 5.69 Å². The number of hydrogen-bond acceptors (Lipinski definition) is 5. The molecular weight excluding hydrogens is 198 g/mol. The van der Waals surface area contributed by atoms with E-state index in [2.05, 4.69) is 20.3 Å². The zero-order valence-electron chi connectivity index (χ0n) is 8.23. The Bertz CT molecular complexity index is 306. The van der Waals surface area contributed by atoms with E-state index < -0.39 is 6.10 Å². The van der Waals surface area contributed by atoms with E-state index in [4.69, 9.17) is 4.74 Å². The van der Waals surface area contributed by atoms with E-state index in [9.17, 15) is 4.79 Å². The molecule has 1 aliphatic heterocycles. The van der Waals surface area contributed by atoms with Crippen LogP contribution in [0, 0.1) is 0 Å². The number of hydrogen-bond donors (Lipinski definition) is 2. The Morgan fingerprint density at radius 1 is 1.73 bits per heavy atom. The van der Waals surface area contributed by atoms with E-state index in [0.717, 1.165) is 6.54 Å². The molecule has 2 N–H and O–H groups in total. The van der Waals surface area contributed by atoms with E-state index in [1.807, 2.05) is 0 Å². The van der Waals surface area contributed by atoms with E-state index in [0.29, 0.717) is 25.4 Å². The molecule has 1 atom stereocenters. The Morgan fingerprint density at radius 3 is 3.33 bits per heavy atom. The Kier molecular flexibility index (Phi) is 3.31. The molecule has 0 radical (unpaired) electrons. The van der Waals surface area contributed by atoms with Gasteiger partial charge < -0.3 is 19.9 Å². The van der Waals surface area contributed by atoms with E-state index in [1.54, 1.807) is 6.07 Å². The number of amides is 1. The molecule has 2 rings (SSSR count). The summed E-state index contributed by atoms with van der Waals surface area (Å²) in [5.41, 5.74) is 0.701. The zero-order valence-corrected chi connectivity index (χ0v) is 8.23. The summed E-state index contributed by atoms with van der Waals surface area (Å²) in [5.74, 6) is -0.120.